The molecule has 0 heterocycles. The van der Waals surface area contributed by atoms with Crippen LogP contribution in [-0.4, -0.2) is 17.8 Å². The standard InChI is InChI=1S/C3H7NO2S.Rb/c4-2(1-7)3(5)6;/h2,7H,1,4H2,(H,5,6);/q;+1/p-1/t2-;/m0./s1. The van der Waals surface area contributed by atoms with Crippen molar-refractivity contribution >= 4 is 18.6 Å². The molecule has 0 fully saturated rings. The smallest absolute Gasteiger partial charge is 0.548 e. The molecule has 3 nitrogen and oxygen atoms in total. The number of carbonyl (C=O) groups is 1. The summed E-state index contributed by atoms with van der Waals surface area (Å²) in [4.78, 5) is 9.65. The van der Waals surface area contributed by atoms with Gasteiger partial charge < -0.3 is 15.6 Å². The van der Waals surface area contributed by atoms with Crippen molar-refractivity contribution in [1.82, 2.24) is 0 Å². The van der Waals surface area contributed by atoms with Crippen molar-refractivity contribution in [3.63, 3.8) is 0 Å². The van der Waals surface area contributed by atoms with E-state index in [0.717, 1.165) is 0 Å². The number of nitrogens with two attached hydrogens (primary N) is 1. The fourth-order valence-electron chi connectivity index (χ4n) is 0.0745. The van der Waals surface area contributed by atoms with Gasteiger partial charge in [-0.25, -0.2) is 0 Å². The fourth-order valence-corrected chi connectivity index (χ4v) is 0.224. The molecule has 2 N–H and O–H groups in total. The first-order chi connectivity index (χ1) is 3.18. The Kier molecular flexibility index (Phi) is 10.3. The van der Waals surface area contributed by atoms with Crippen LogP contribution in [0.15, 0.2) is 0 Å². The number of carboxylic acid groups (broad SMARTS) is 1. The van der Waals surface area contributed by atoms with Crippen LogP contribution in [0.1, 0.15) is 0 Å². The van der Waals surface area contributed by atoms with Crippen LogP contribution < -0.4 is 69.0 Å². The van der Waals surface area contributed by atoms with Gasteiger partial charge in [-0.3, -0.25) is 0 Å². The minimum atomic E-state index is -1.25. The fraction of sp³-hybridized carbons (Fsp3) is 0.667. The summed E-state index contributed by atoms with van der Waals surface area (Å²) in [6.45, 7) is 0. The number of hydrogen-bond donors (Lipinski definition) is 2. The SMILES string of the molecule is N[C@@H](CS)C(=O)[O-].[Rb+]. The van der Waals surface area contributed by atoms with Crippen LogP contribution in [0.5, 0.6) is 0 Å². The van der Waals surface area contributed by atoms with Gasteiger partial charge in [0.05, 0.1) is 12.0 Å². The Labute approximate surface area is 102 Å². The molecule has 0 bridgehead atoms. The van der Waals surface area contributed by atoms with E-state index in [1.54, 1.807) is 0 Å². The molecule has 0 aliphatic carbocycles. The number of carboxylic acids is 1. The van der Waals surface area contributed by atoms with Gasteiger partial charge in [-0.2, -0.15) is 12.6 Å². The maximum Gasteiger partial charge on any atom is 1.00 e. The summed E-state index contributed by atoms with van der Waals surface area (Å²) >= 11 is 3.61. The number of hydrogen-bond acceptors (Lipinski definition) is 4. The van der Waals surface area contributed by atoms with E-state index in [0.29, 0.717) is 0 Å². The molecule has 8 heavy (non-hydrogen) atoms. The third-order valence-corrected chi connectivity index (χ3v) is 0.893. The number of carbonyl (C=O) groups excluding carboxylic acids is 1. The molecule has 0 aliphatic heterocycles. The summed E-state index contributed by atoms with van der Waals surface area (Å²) in [5.41, 5.74) is 4.88. The molecule has 0 spiro atoms. The van der Waals surface area contributed by atoms with E-state index < -0.39 is 12.0 Å². The third kappa shape index (κ3) is 5.72. The molecule has 0 rings (SSSR count). The van der Waals surface area contributed by atoms with Gasteiger partial charge in [0, 0.05) is 5.75 Å². The van der Waals surface area contributed by atoms with Crippen molar-refractivity contribution in [1.29, 1.82) is 0 Å². The second kappa shape index (κ2) is 6.70. The van der Waals surface area contributed by atoms with Crippen molar-refractivity contribution in [3.05, 3.63) is 0 Å². The van der Waals surface area contributed by atoms with Gasteiger partial charge in [-0.05, 0) is 0 Å². The zero-order valence-electron chi connectivity index (χ0n) is 4.63. The van der Waals surface area contributed by atoms with Crippen molar-refractivity contribution in [2.24, 2.45) is 5.73 Å². The molecule has 0 aliphatic rings. The van der Waals surface area contributed by atoms with Gasteiger partial charge in [-0.1, -0.05) is 0 Å². The average molecular weight is 206 g/mol. The Morgan fingerprint density at radius 2 is 2.25 bits per heavy atom. The van der Waals surface area contributed by atoms with Gasteiger partial charge in [-0.15, -0.1) is 0 Å². The van der Waals surface area contributed by atoms with E-state index in [4.69, 9.17) is 5.73 Å². The monoisotopic (exact) mass is 205 g/mol. The van der Waals surface area contributed by atoms with E-state index in [-0.39, 0.29) is 63.9 Å². The van der Waals surface area contributed by atoms with Crippen molar-refractivity contribution in [3.8, 4) is 0 Å². The molecular weight excluding hydrogens is 200 g/mol. The van der Waals surface area contributed by atoms with Crippen LogP contribution in [0.4, 0.5) is 0 Å². The predicted molar refractivity (Wildman–Crippen MR) is 26.8 cm³/mol. The van der Waals surface area contributed by atoms with Crippen LogP contribution in [0.3, 0.4) is 0 Å². The third-order valence-electron chi connectivity index (χ3n) is 0.499. The molecule has 5 heteroatoms. The molecule has 0 radical (unpaired) electrons. The van der Waals surface area contributed by atoms with E-state index in [9.17, 15) is 9.90 Å². The first-order valence-electron chi connectivity index (χ1n) is 1.75. The van der Waals surface area contributed by atoms with E-state index >= 15 is 0 Å². The molecule has 0 aromatic rings. The van der Waals surface area contributed by atoms with Gasteiger partial charge in [0.15, 0.2) is 0 Å². The normalized spacial score (nSPS) is 11.8. The zero-order chi connectivity index (χ0) is 5.86. The van der Waals surface area contributed by atoms with E-state index in [1.165, 1.54) is 0 Å². The maximum atomic E-state index is 9.65. The summed E-state index contributed by atoms with van der Waals surface area (Å²) in [7, 11) is 0. The minimum Gasteiger partial charge on any atom is -0.548 e. The van der Waals surface area contributed by atoms with Crippen LogP contribution in [0, 0.1) is 0 Å². The number of aliphatic carboxylic acids is 1. The Morgan fingerprint density at radius 1 is 1.88 bits per heavy atom. The van der Waals surface area contributed by atoms with Crippen molar-refractivity contribution in [2.45, 2.75) is 6.04 Å². The van der Waals surface area contributed by atoms with Gasteiger partial charge in [0.25, 0.3) is 0 Å². The molecule has 0 unspecified atom stereocenters. The number of thiol groups is 1. The molecule has 0 aromatic heterocycles. The molecule has 0 saturated carbocycles. The first-order valence-corrected chi connectivity index (χ1v) is 2.39. The average Bonchev–Trinajstić information content (AvgIpc) is 1.65. The molecule has 42 valence electrons. The Hall–Kier alpha value is 1.59. The van der Waals surface area contributed by atoms with Crippen LogP contribution in [0.25, 0.3) is 0 Å². The zero-order valence-corrected chi connectivity index (χ0v) is 10.4. The second-order valence-corrected chi connectivity index (χ2v) is 1.47. The summed E-state index contributed by atoms with van der Waals surface area (Å²) in [5, 5.41) is 9.65. The van der Waals surface area contributed by atoms with E-state index in [1.807, 2.05) is 0 Å². The summed E-state index contributed by atoms with van der Waals surface area (Å²) < 4.78 is 0. The van der Waals surface area contributed by atoms with Gasteiger partial charge >= 0.3 is 58.2 Å². The summed E-state index contributed by atoms with van der Waals surface area (Å²) in [6.07, 6.45) is 0. The first kappa shape index (κ1) is 12.3. The second-order valence-electron chi connectivity index (χ2n) is 1.11. The Balaban J connectivity index is 0. The topological polar surface area (TPSA) is 66.2 Å². The van der Waals surface area contributed by atoms with Crippen LogP contribution >= 0.6 is 12.6 Å². The molecular formula is C3H6NO2RbS. The summed E-state index contributed by atoms with van der Waals surface area (Å²) in [5.74, 6) is -1.13. The predicted octanol–water partition coefficient (Wildman–Crippen LogP) is -5.00. The number of rotatable bonds is 2. The quantitative estimate of drug-likeness (QED) is 0.444. The molecule has 1 atom stereocenters. The van der Waals surface area contributed by atoms with E-state index in [2.05, 4.69) is 12.6 Å². The maximum absolute atomic E-state index is 9.65. The van der Waals surface area contributed by atoms with Crippen molar-refractivity contribution < 1.29 is 68.1 Å². The molecule has 0 amide bonds. The Morgan fingerprint density at radius 3 is 2.25 bits per heavy atom. The van der Waals surface area contributed by atoms with Crippen LogP contribution in [0.2, 0.25) is 0 Å². The van der Waals surface area contributed by atoms with Gasteiger partial charge in [0.2, 0.25) is 0 Å². The largest absolute Gasteiger partial charge is 1.00 e. The molecule has 0 aromatic carbocycles. The minimum absolute atomic E-state index is 0. The van der Waals surface area contributed by atoms with Crippen molar-refractivity contribution in [2.75, 3.05) is 5.75 Å². The van der Waals surface area contributed by atoms with Gasteiger partial charge in [0.1, 0.15) is 0 Å². The molecule has 0 saturated heterocycles. The Bertz CT molecular complexity index is 79.7. The summed E-state index contributed by atoms with van der Waals surface area (Å²) in [6, 6.07) is -0.927. The van der Waals surface area contributed by atoms with Crippen LogP contribution in [-0.2, 0) is 4.79 Å².